The van der Waals surface area contributed by atoms with Crippen LogP contribution in [0.2, 0.25) is 0 Å². The second-order valence-corrected chi connectivity index (χ2v) is 8.77. The topological polar surface area (TPSA) is 104 Å². The number of carbonyl (C=O) groups excluding carboxylic acids is 5. The number of rotatable bonds is 4. The van der Waals surface area contributed by atoms with E-state index in [0.717, 1.165) is 5.56 Å². The van der Waals surface area contributed by atoms with Crippen LogP contribution in [-0.4, -0.2) is 45.2 Å². The van der Waals surface area contributed by atoms with Crippen LogP contribution < -0.4 is 4.90 Å². The standard InChI is InChI=1S/C27H19N3O6/c31-22-14-15-27(26(35)36-30-24(33)18-10-4-5-11-19(18)25(30)34)28(16-17-8-2-1-3-9-17)23(32)20-12-6-7-13-21(20)29(22)27/h1-13H,14-16H2. The molecular weight excluding hydrogens is 462 g/mol. The molecule has 1 unspecified atom stereocenters. The van der Waals surface area contributed by atoms with E-state index in [-0.39, 0.29) is 47.7 Å². The average Bonchev–Trinajstić information content (AvgIpc) is 3.38. The van der Waals surface area contributed by atoms with E-state index < -0.39 is 29.4 Å². The highest BCUT2D eigenvalue weighted by Crippen LogP contribution is 2.46. The third-order valence-electron chi connectivity index (χ3n) is 6.82. The summed E-state index contributed by atoms with van der Waals surface area (Å²) in [4.78, 5) is 74.7. The number of hydrogen-bond donors (Lipinski definition) is 0. The van der Waals surface area contributed by atoms with Crippen LogP contribution >= 0.6 is 0 Å². The van der Waals surface area contributed by atoms with Crippen molar-refractivity contribution in [3.05, 3.63) is 101 Å². The Labute approximate surface area is 205 Å². The normalized spacial score (nSPS) is 20.4. The zero-order valence-corrected chi connectivity index (χ0v) is 18.9. The van der Waals surface area contributed by atoms with Crippen LogP contribution in [0.1, 0.15) is 49.5 Å². The highest BCUT2D eigenvalue weighted by Gasteiger charge is 2.63. The monoisotopic (exact) mass is 481 g/mol. The Morgan fingerprint density at radius 3 is 2.00 bits per heavy atom. The first-order chi connectivity index (χ1) is 17.4. The molecule has 0 aromatic heterocycles. The van der Waals surface area contributed by atoms with E-state index in [0.29, 0.717) is 5.06 Å². The van der Waals surface area contributed by atoms with E-state index in [1.807, 2.05) is 6.07 Å². The Hall–Kier alpha value is -4.79. The van der Waals surface area contributed by atoms with Gasteiger partial charge in [-0.25, -0.2) is 4.79 Å². The summed E-state index contributed by atoms with van der Waals surface area (Å²) in [6, 6.07) is 21.7. The van der Waals surface area contributed by atoms with Crippen LogP contribution in [0, 0.1) is 0 Å². The largest absolute Gasteiger partial charge is 0.379 e. The molecule has 3 aliphatic heterocycles. The van der Waals surface area contributed by atoms with E-state index in [1.54, 1.807) is 60.7 Å². The molecule has 1 atom stereocenters. The van der Waals surface area contributed by atoms with Crippen LogP contribution in [0.15, 0.2) is 78.9 Å². The summed E-state index contributed by atoms with van der Waals surface area (Å²) < 4.78 is 0. The molecule has 36 heavy (non-hydrogen) atoms. The summed E-state index contributed by atoms with van der Waals surface area (Å²) in [6.45, 7) is 0.00893. The van der Waals surface area contributed by atoms with Crippen molar-refractivity contribution in [3.63, 3.8) is 0 Å². The van der Waals surface area contributed by atoms with Crippen molar-refractivity contribution in [1.29, 1.82) is 0 Å². The molecule has 3 aliphatic rings. The van der Waals surface area contributed by atoms with Crippen molar-refractivity contribution in [1.82, 2.24) is 9.96 Å². The first-order valence-electron chi connectivity index (χ1n) is 11.4. The predicted octanol–water partition coefficient (Wildman–Crippen LogP) is 2.92. The lowest BCUT2D eigenvalue weighted by molar-refractivity contribution is -0.182. The van der Waals surface area contributed by atoms with Crippen molar-refractivity contribution >= 4 is 35.3 Å². The number of hydroxylamine groups is 2. The zero-order chi connectivity index (χ0) is 25.0. The Bertz CT molecular complexity index is 1430. The number of amides is 4. The molecule has 0 spiro atoms. The van der Waals surface area contributed by atoms with Crippen LogP contribution in [0.25, 0.3) is 0 Å². The molecule has 0 aliphatic carbocycles. The van der Waals surface area contributed by atoms with Gasteiger partial charge in [-0.2, -0.15) is 0 Å². The van der Waals surface area contributed by atoms with Crippen molar-refractivity contribution in [2.45, 2.75) is 25.0 Å². The third-order valence-corrected chi connectivity index (χ3v) is 6.82. The van der Waals surface area contributed by atoms with E-state index in [2.05, 4.69) is 0 Å². The summed E-state index contributed by atoms with van der Waals surface area (Å²) in [5, 5.41) is 0.411. The Morgan fingerprint density at radius 1 is 0.750 bits per heavy atom. The third kappa shape index (κ3) is 2.92. The van der Waals surface area contributed by atoms with Gasteiger partial charge in [-0.3, -0.25) is 24.1 Å². The lowest BCUT2D eigenvalue weighted by Crippen LogP contribution is -2.68. The van der Waals surface area contributed by atoms with Crippen molar-refractivity contribution in [3.8, 4) is 0 Å². The molecular formula is C27H19N3O6. The van der Waals surface area contributed by atoms with E-state index in [9.17, 15) is 24.0 Å². The minimum absolute atomic E-state index is 0.00893. The molecule has 0 N–H and O–H groups in total. The van der Waals surface area contributed by atoms with Gasteiger partial charge in [-0.1, -0.05) is 59.7 Å². The van der Waals surface area contributed by atoms with Crippen molar-refractivity contribution in [2.75, 3.05) is 4.90 Å². The maximum absolute atomic E-state index is 13.9. The van der Waals surface area contributed by atoms with Crippen LogP contribution in [-0.2, 0) is 21.0 Å². The minimum Gasteiger partial charge on any atom is -0.325 e. The van der Waals surface area contributed by atoms with E-state index >= 15 is 0 Å². The number of fused-ring (bicyclic) bond motifs is 4. The maximum Gasteiger partial charge on any atom is 0.379 e. The van der Waals surface area contributed by atoms with Gasteiger partial charge < -0.3 is 9.74 Å². The number of nitrogens with zero attached hydrogens (tertiary/aromatic N) is 3. The van der Waals surface area contributed by atoms with Crippen molar-refractivity contribution < 1.29 is 28.8 Å². The molecule has 0 radical (unpaired) electrons. The van der Waals surface area contributed by atoms with Crippen molar-refractivity contribution in [2.24, 2.45) is 0 Å². The highest BCUT2D eigenvalue weighted by atomic mass is 16.7. The summed E-state index contributed by atoms with van der Waals surface area (Å²) in [5.41, 5.74) is -0.358. The lowest BCUT2D eigenvalue weighted by Gasteiger charge is -2.48. The fraction of sp³-hybridized carbons (Fsp3) is 0.148. The van der Waals surface area contributed by atoms with Gasteiger partial charge >= 0.3 is 5.97 Å². The number of para-hydroxylation sites is 1. The van der Waals surface area contributed by atoms with E-state index in [4.69, 9.17) is 4.84 Å². The number of benzene rings is 3. The number of anilines is 1. The molecule has 3 aromatic carbocycles. The lowest BCUT2D eigenvalue weighted by atomic mass is 9.95. The van der Waals surface area contributed by atoms with Gasteiger partial charge in [0.05, 0.1) is 22.4 Å². The summed E-state index contributed by atoms with van der Waals surface area (Å²) >= 11 is 0. The SMILES string of the molecule is O=C1c2ccccc2C(=O)N1OC(=O)C12CCC(=O)N1c1ccccc1C(=O)N2Cc1ccccc1. The second kappa shape index (κ2) is 7.88. The highest BCUT2D eigenvalue weighted by molar-refractivity contribution is 6.21. The average molecular weight is 481 g/mol. The number of carbonyl (C=O) groups is 5. The van der Waals surface area contributed by atoms with Gasteiger partial charge in [0.25, 0.3) is 17.7 Å². The van der Waals surface area contributed by atoms with Crippen LogP contribution in [0.4, 0.5) is 5.69 Å². The molecule has 6 rings (SSSR count). The molecule has 4 amide bonds. The van der Waals surface area contributed by atoms with Crippen LogP contribution in [0.3, 0.4) is 0 Å². The molecule has 3 heterocycles. The fourth-order valence-corrected chi connectivity index (χ4v) is 5.14. The second-order valence-electron chi connectivity index (χ2n) is 8.77. The van der Waals surface area contributed by atoms with Gasteiger partial charge in [0.1, 0.15) is 0 Å². The molecule has 178 valence electrons. The van der Waals surface area contributed by atoms with E-state index in [1.165, 1.54) is 21.9 Å². The Morgan fingerprint density at radius 2 is 1.33 bits per heavy atom. The molecule has 0 saturated carbocycles. The molecule has 9 heteroatoms. The maximum atomic E-state index is 13.9. The summed E-state index contributed by atoms with van der Waals surface area (Å²) in [6.07, 6.45) is -0.0785. The van der Waals surface area contributed by atoms with Gasteiger partial charge in [-0.05, 0) is 29.8 Å². The fourth-order valence-electron chi connectivity index (χ4n) is 5.14. The quantitative estimate of drug-likeness (QED) is 0.531. The Kier molecular flexibility index (Phi) is 4.75. The summed E-state index contributed by atoms with van der Waals surface area (Å²) in [5.74, 6) is -3.45. The molecule has 9 nitrogen and oxygen atoms in total. The van der Waals surface area contributed by atoms with Gasteiger partial charge in [0, 0.05) is 19.4 Å². The molecule has 3 aromatic rings. The Balaban J connectivity index is 1.45. The number of imide groups is 1. The minimum atomic E-state index is -1.87. The first kappa shape index (κ1) is 21.7. The predicted molar refractivity (Wildman–Crippen MR) is 125 cm³/mol. The van der Waals surface area contributed by atoms with Crippen LogP contribution in [0.5, 0.6) is 0 Å². The molecule has 0 bridgehead atoms. The smallest absolute Gasteiger partial charge is 0.325 e. The first-order valence-corrected chi connectivity index (χ1v) is 11.4. The molecule has 1 fully saturated rings. The van der Waals surface area contributed by atoms with Gasteiger partial charge in [-0.15, -0.1) is 0 Å². The number of hydrogen-bond acceptors (Lipinski definition) is 6. The zero-order valence-electron chi connectivity index (χ0n) is 18.9. The van der Waals surface area contributed by atoms with Gasteiger partial charge in [0.15, 0.2) is 0 Å². The van der Waals surface area contributed by atoms with Gasteiger partial charge in [0.2, 0.25) is 11.6 Å². The summed E-state index contributed by atoms with van der Waals surface area (Å²) in [7, 11) is 0. The molecule has 1 saturated heterocycles.